The molecular formula is C8H15NO. The Kier molecular flexibility index (Phi) is 3.38. The van der Waals surface area contributed by atoms with Gasteiger partial charge in [-0.2, -0.15) is 5.26 Å². The van der Waals surface area contributed by atoms with Crippen molar-refractivity contribution in [2.24, 2.45) is 11.3 Å². The van der Waals surface area contributed by atoms with E-state index in [4.69, 9.17) is 10.4 Å². The third-order valence-corrected chi connectivity index (χ3v) is 2.08. The lowest BCUT2D eigenvalue weighted by Gasteiger charge is -2.22. The van der Waals surface area contributed by atoms with Crippen molar-refractivity contribution >= 4 is 0 Å². The van der Waals surface area contributed by atoms with Crippen LogP contribution in [0.3, 0.4) is 0 Å². The van der Waals surface area contributed by atoms with Gasteiger partial charge < -0.3 is 5.11 Å². The normalized spacial score (nSPS) is 14.3. The Bertz CT molecular complexity index is 135. The molecule has 0 spiro atoms. The van der Waals surface area contributed by atoms with Crippen LogP contribution in [0, 0.1) is 22.7 Å². The van der Waals surface area contributed by atoms with Crippen molar-refractivity contribution in [2.45, 2.75) is 27.2 Å². The van der Waals surface area contributed by atoms with E-state index in [1.165, 1.54) is 0 Å². The molecule has 0 aromatic rings. The number of nitriles is 1. The van der Waals surface area contributed by atoms with Crippen LogP contribution >= 0.6 is 0 Å². The summed E-state index contributed by atoms with van der Waals surface area (Å²) in [6.45, 7) is 5.95. The highest BCUT2D eigenvalue weighted by atomic mass is 16.3. The number of hydrogen-bond acceptors (Lipinski definition) is 2. The summed E-state index contributed by atoms with van der Waals surface area (Å²) in [5.74, 6) is 0.266. The average molecular weight is 141 g/mol. The Labute approximate surface area is 62.5 Å². The molecule has 0 fully saturated rings. The van der Waals surface area contributed by atoms with Crippen molar-refractivity contribution in [3.63, 3.8) is 0 Å². The first-order valence-electron chi connectivity index (χ1n) is 3.56. The quantitative estimate of drug-likeness (QED) is 0.648. The molecule has 0 aliphatic heterocycles. The van der Waals surface area contributed by atoms with Crippen LogP contribution < -0.4 is 0 Å². The lowest BCUT2D eigenvalue weighted by atomic mass is 9.80. The van der Waals surface area contributed by atoms with Crippen LogP contribution in [0.4, 0.5) is 0 Å². The van der Waals surface area contributed by atoms with Gasteiger partial charge in [-0.25, -0.2) is 0 Å². The Morgan fingerprint density at radius 3 is 2.40 bits per heavy atom. The topological polar surface area (TPSA) is 44.0 Å². The van der Waals surface area contributed by atoms with Gasteiger partial charge in [0.1, 0.15) is 0 Å². The summed E-state index contributed by atoms with van der Waals surface area (Å²) in [6, 6.07) is 2.21. The molecule has 0 aliphatic rings. The van der Waals surface area contributed by atoms with Crippen LogP contribution in [0.15, 0.2) is 0 Å². The zero-order valence-corrected chi connectivity index (χ0v) is 6.89. The second kappa shape index (κ2) is 3.58. The fourth-order valence-electron chi connectivity index (χ4n) is 0.665. The summed E-state index contributed by atoms with van der Waals surface area (Å²) in [4.78, 5) is 0. The number of nitrogens with zero attached hydrogens (tertiary/aromatic N) is 1. The molecule has 1 atom stereocenters. The molecule has 1 N–H and O–H groups in total. The summed E-state index contributed by atoms with van der Waals surface area (Å²) >= 11 is 0. The Hall–Kier alpha value is -0.550. The predicted molar refractivity (Wildman–Crippen MR) is 40.3 cm³/mol. The first kappa shape index (κ1) is 9.45. The van der Waals surface area contributed by atoms with E-state index in [0.717, 1.165) is 0 Å². The van der Waals surface area contributed by atoms with Gasteiger partial charge in [0.2, 0.25) is 0 Å². The average Bonchev–Trinajstić information content (AvgIpc) is 1.89. The summed E-state index contributed by atoms with van der Waals surface area (Å²) in [5.41, 5.74) is -0.303. The Morgan fingerprint density at radius 1 is 1.60 bits per heavy atom. The van der Waals surface area contributed by atoms with Crippen LogP contribution in [-0.2, 0) is 0 Å². The Balaban J connectivity index is 3.94. The summed E-state index contributed by atoms with van der Waals surface area (Å²) in [5, 5.41) is 17.2. The van der Waals surface area contributed by atoms with E-state index < -0.39 is 0 Å². The molecule has 0 unspecified atom stereocenters. The molecule has 0 aromatic carbocycles. The van der Waals surface area contributed by atoms with Crippen molar-refractivity contribution in [2.75, 3.05) is 6.61 Å². The zero-order chi connectivity index (χ0) is 8.20. The number of hydrogen-bond donors (Lipinski definition) is 1. The van der Waals surface area contributed by atoms with E-state index in [1.54, 1.807) is 0 Å². The highest BCUT2D eigenvalue weighted by Gasteiger charge is 2.24. The van der Waals surface area contributed by atoms with Gasteiger partial charge in [0.05, 0.1) is 11.5 Å². The lowest BCUT2D eigenvalue weighted by molar-refractivity contribution is 0.213. The summed E-state index contributed by atoms with van der Waals surface area (Å²) < 4.78 is 0. The molecule has 0 amide bonds. The van der Waals surface area contributed by atoms with Crippen molar-refractivity contribution in [1.29, 1.82) is 5.26 Å². The smallest absolute Gasteiger partial charge is 0.0686 e. The minimum absolute atomic E-state index is 0.173. The Morgan fingerprint density at radius 2 is 2.10 bits per heavy atom. The molecule has 2 heteroatoms. The van der Waals surface area contributed by atoms with Gasteiger partial charge in [0, 0.05) is 6.61 Å². The third-order valence-electron chi connectivity index (χ3n) is 2.08. The van der Waals surface area contributed by atoms with Gasteiger partial charge in [-0.15, -0.1) is 0 Å². The molecule has 58 valence electrons. The predicted octanol–water partition coefficient (Wildman–Crippen LogP) is 1.55. The molecule has 0 bridgehead atoms. The van der Waals surface area contributed by atoms with E-state index in [-0.39, 0.29) is 17.9 Å². The molecule has 0 heterocycles. The molecule has 0 radical (unpaired) electrons. The highest BCUT2D eigenvalue weighted by molar-refractivity contribution is 4.94. The maximum Gasteiger partial charge on any atom is 0.0686 e. The van der Waals surface area contributed by atoms with Crippen LogP contribution in [0.25, 0.3) is 0 Å². The van der Waals surface area contributed by atoms with Gasteiger partial charge in [0.15, 0.2) is 0 Å². The van der Waals surface area contributed by atoms with Gasteiger partial charge >= 0.3 is 0 Å². The van der Waals surface area contributed by atoms with Crippen LogP contribution in [0.1, 0.15) is 27.2 Å². The maximum atomic E-state index is 8.66. The number of aliphatic hydroxyl groups is 1. The molecule has 0 aromatic heterocycles. The van der Waals surface area contributed by atoms with Crippen LogP contribution in [-0.4, -0.2) is 11.7 Å². The van der Waals surface area contributed by atoms with E-state index in [2.05, 4.69) is 6.07 Å². The van der Waals surface area contributed by atoms with Crippen LogP contribution in [0.5, 0.6) is 0 Å². The van der Waals surface area contributed by atoms with E-state index >= 15 is 0 Å². The van der Waals surface area contributed by atoms with Crippen molar-refractivity contribution < 1.29 is 5.11 Å². The summed E-state index contributed by atoms with van der Waals surface area (Å²) in [7, 11) is 0. The fraction of sp³-hybridized carbons (Fsp3) is 0.875. The molecule has 0 aliphatic carbocycles. The third kappa shape index (κ3) is 2.36. The van der Waals surface area contributed by atoms with Crippen molar-refractivity contribution in [3.8, 4) is 6.07 Å². The van der Waals surface area contributed by atoms with Gasteiger partial charge in [-0.3, -0.25) is 0 Å². The van der Waals surface area contributed by atoms with Gasteiger partial charge in [0.25, 0.3) is 0 Å². The minimum Gasteiger partial charge on any atom is -0.396 e. The standard InChI is InChI=1S/C8H15NO/c1-7(4-5-10)8(2,3)6-9/h7,10H,4-5H2,1-3H3/t7-/m1/s1. The first-order chi connectivity index (χ1) is 4.54. The number of rotatable bonds is 3. The minimum atomic E-state index is -0.303. The van der Waals surface area contributed by atoms with E-state index in [0.29, 0.717) is 6.42 Å². The molecule has 0 saturated heterocycles. The largest absolute Gasteiger partial charge is 0.396 e. The highest BCUT2D eigenvalue weighted by Crippen LogP contribution is 2.27. The van der Waals surface area contributed by atoms with Crippen molar-refractivity contribution in [1.82, 2.24) is 0 Å². The zero-order valence-electron chi connectivity index (χ0n) is 6.89. The van der Waals surface area contributed by atoms with E-state index in [1.807, 2.05) is 20.8 Å². The van der Waals surface area contributed by atoms with Gasteiger partial charge in [-0.1, -0.05) is 6.92 Å². The van der Waals surface area contributed by atoms with Crippen molar-refractivity contribution in [3.05, 3.63) is 0 Å². The molecule has 2 nitrogen and oxygen atoms in total. The van der Waals surface area contributed by atoms with E-state index in [9.17, 15) is 0 Å². The SMILES string of the molecule is C[C@H](CCO)C(C)(C)C#N. The molecule has 0 rings (SSSR count). The molecular weight excluding hydrogens is 126 g/mol. The lowest BCUT2D eigenvalue weighted by Crippen LogP contribution is -2.20. The molecule has 0 saturated carbocycles. The second-order valence-electron chi connectivity index (χ2n) is 3.25. The fourth-order valence-corrected chi connectivity index (χ4v) is 0.665. The molecule has 10 heavy (non-hydrogen) atoms. The monoisotopic (exact) mass is 141 g/mol. The van der Waals surface area contributed by atoms with Crippen LogP contribution in [0.2, 0.25) is 0 Å². The number of aliphatic hydroxyl groups excluding tert-OH is 1. The van der Waals surface area contributed by atoms with Gasteiger partial charge in [-0.05, 0) is 26.2 Å². The first-order valence-corrected chi connectivity index (χ1v) is 3.56. The maximum absolute atomic E-state index is 8.66. The summed E-state index contributed by atoms with van der Waals surface area (Å²) in [6.07, 6.45) is 0.709. The second-order valence-corrected chi connectivity index (χ2v) is 3.25.